The van der Waals surface area contributed by atoms with Crippen molar-refractivity contribution in [3.8, 4) is 0 Å². The van der Waals surface area contributed by atoms with Crippen molar-refractivity contribution in [2.24, 2.45) is 0 Å². The summed E-state index contributed by atoms with van der Waals surface area (Å²) in [4.78, 5) is 17.3. The van der Waals surface area contributed by atoms with Gasteiger partial charge in [-0.3, -0.25) is 9.78 Å². The number of rotatable bonds is 6. The van der Waals surface area contributed by atoms with Crippen LogP contribution in [0, 0.1) is 6.92 Å². The van der Waals surface area contributed by atoms with E-state index in [0.717, 1.165) is 27.5 Å². The molecule has 5 nitrogen and oxygen atoms in total. The Morgan fingerprint density at radius 1 is 0.903 bits per heavy atom. The average molecular weight is 431 g/mol. The Morgan fingerprint density at radius 3 is 2.29 bits per heavy atom. The van der Waals surface area contributed by atoms with Crippen LogP contribution in [-0.4, -0.2) is 19.3 Å². The van der Waals surface area contributed by atoms with Crippen molar-refractivity contribution >= 4 is 26.7 Å². The summed E-state index contributed by atoms with van der Waals surface area (Å²) >= 11 is 0. The van der Waals surface area contributed by atoms with E-state index in [1.807, 2.05) is 61.5 Å². The zero-order valence-corrected chi connectivity index (χ0v) is 17.8. The van der Waals surface area contributed by atoms with Crippen LogP contribution in [-0.2, 0) is 21.2 Å². The van der Waals surface area contributed by atoms with Crippen LogP contribution in [0.5, 0.6) is 0 Å². The van der Waals surface area contributed by atoms with Gasteiger partial charge in [-0.1, -0.05) is 60.2 Å². The summed E-state index contributed by atoms with van der Waals surface area (Å²) in [5.41, 5.74) is 2.60. The minimum absolute atomic E-state index is 0.0626. The third-order valence-electron chi connectivity index (χ3n) is 5.25. The predicted octanol–water partition coefficient (Wildman–Crippen LogP) is 4.37. The number of aryl methyl sites for hydroxylation is 1. The predicted molar refractivity (Wildman–Crippen MR) is 121 cm³/mol. The van der Waals surface area contributed by atoms with E-state index in [2.05, 4.69) is 9.71 Å². The Bertz CT molecular complexity index is 1320. The van der Waals surface area contributed by atoms with Gasteiger partial charge in [0.2, 0.25) is 5.91 Å². The Balaban J connectivity index is 1.69. The topological polar surface area (TPSA) is 76.1 Å². The minimum Gasteiger partial charge on any atom is -0.273 e. The van der Waals surface area contributed by atoms with Crippen molar-refractivity contribution in [3.05, 3.63) is 108 Å². The molecule has 1 unspecified atom stereocenters. The van der Waals surface area contributed by atoms with Crippen LogP contribution in [0.3, 0.4) is 0 Å². The highest BCUT2D eigenvalue weighted by molar-refractivity contribution is 7.90. The summed E-state index contributed by atoms with van der Waals surface area (Å²) in [7, 11) is -3.98. The van der Waals surface area contributed by atoms with E-state index in [1.54, 1.807) is 24.5 Å². The van der Waals surface area contributed by atoms with E-state index in [9.17, 15) is 13.2 Å². The summed E-state index contributed by atoms with van der Waals surface area (Å²) in [6.07, 6.45) is 3.68. The lowest BCUT2D eigenvalue weighted by molar-refractivity contribution is -0.120. The normalized spacial score (nSPS) is 12.4. The maximum Gasteiger partial charge on any atom is 0.264 e. The molecule has 1 N–H and O–H groups in total. The van der Waals surface area contributed by atoms with Crippen LogP contribution in [0.1, 0.15) is 22.6 Å². The van der Waals surface area contributed by atoms with Gasteiger partial charge < -0.3 is 0 Å². The van der Waals surface area contributed by atoms with Crippen LogP contribution in [0.25, 0.3) is 10.8 Å². The molecule has 0 fully saturated rings. The van der Waals surface area contributed by atoms with Crippen molar-refractivity contribution in [2.75, 3.05) is 0 Å². The minimum atomic E-state index is -3.98. The number of hydrogen-bond acceptors (Lipinski definition) is 4. The first kappa shape index (κ1) is 20.8. The zero-order valence-electron chi connectivity index (χ0n) is 17.0. The second-order valence-electron chi connectivity index (χ2n) is 7.50. The first-order chi connectivity index (χ1) is 14.9. The SMILES string of the molecule is Cc1ccc(S(=O)(=O)NC(=O)C(Cc2ccncc2)c2ccc3ccccc3c2)cc1. The van der Waals surface area contributed by atoms with Crippen molar-refractivity contribution in [1.82, 2.24) is 9.71 Å². The van der Waals surface area contributed by atoms with Gasteiger partial charge in [0.15, 0.2) is 0 Å². The number of aromatic nitrogens is 1. The van der Waals surface area contributed by atoms with E-state index in [1.165, 1.54) is 12.1 Å². The molecule has 0 saturated heterocycles. The van der Waals surface area contributed by atoms with Crippen LogP contribution in [0.4, 0.5) is 0 Å². The number of amides is 1. The van der Waals surface area contributed by atoms with Crippen molar-refractivity contribution < 1.29 is 13.2 Å². The number of carbonyl (C=O) groups is 1. The lowest BCUT2D eigenvalue weighted by atomic mass is 9.90. The molecule has 0 spiro atoms. The number of hydrogen-bond donors (Lipinski definition) is 1. The largest absolute Gasteiger partial charge is 0.273 e. The van der Waals surface area contributed by atoms with Crippen LogP contribution in [0.15, 0.2) is 96.2 Å². The molecular formula is C25H22N2O3S. The third-order valence-corrected chi connectivity index (χ3v) is 6.61. The number of nitrogens with zero attached hydrogens (tertiary/aromatic N) is 1. The van der Waals surface area contributed by atoms with E-state index >= 15 is 0 Å². The highest BCUT2D eigenvalue weighted by Crippen LogP contribution is 2.26. The average Bonchev–Trinajstić information content (AvgIpc) is 2.78. The van der Waals surface area contributed by atoms with Gasteiger partial charge in [-0.05, 0) is 59.5 Å². The number of carbonyl (C=O) groups excluding carboxylic acids is 1. The Kier molecular flexibility index (Phi) is 5.82. The lowest BCUT2D eigenvalue weighted by Gasteiger charge is -2.18. The lowest BCUT2D eigenvalue weighted by Crippen LogP contribution is -2.35. The first-order valence-corrected chi connectivity index (χ1v) is 11.4. The second-order valence-corrected chi connectivity index (χ2v) is 9.18. The van der Waals surface area contributed by atoms with Crippen molar-refractivity contribution in [2.45, 2.75) is 24.2 Å². The fraction of sp³-hybridized carbons (Fsp3) is 0.120. The van der Waals surface area contributed by atoms with Gasteiger partial charge in [0, 0.05) is 12.4 Å². The molecule has 1 heterocycles. The van der Waals surface area contributed by atoms with Crippen LogP contribution in [0.2, 0.25) is 0 Å². The molecule has 1 atom stereocenters. The molecule has 3 aromatic carbocycles. The van der Waals surface area contributed by atoms with Crippen molar-refractivity contribution in [1.29, 1.82) is 0 Å². The standard InChI is InChI=1S/C25H22N2O3S/c1-18-6-10-23(11-7-18)31(29,30)27-25(28)24(16-19-12-14-26-15-13-19)22-9-8-20-4-2-3-5-21(20)17-22/h2-15,17,24H,16H2,1H3,(H,27,28). The molecule has 6 heteroatoms. The molecule has 0 aliphatic carbocycles. The van der Waals surface area contributed by atoms with E-state index in [0.29, 0.717) is 6.42 Å². The van der Waals surface area contributed by atoms with Gasteiger partial charge in [0.1, 0.15) is 0 Å². The number of sulfonamides is 1. The monoisotopic (exact) mass is 430 g/mol. The van der Waals surface area contributed by atoms with Crippen LogP contribution < -0.4 is 4.72 Å². The molecule has 1 amide bonds. The Labute approximate surface area is 181 Å². The maximum absolute atomic E-state index is 13.2. The van der Waals surface area contributed by atoms with Gasteiger partial charge in [0.05, 0.1) is 10.8 Å². The van der Waals surface area contributed by atoms with Crippen molar-refractivity contribution in [3.63, 3.8) is 0 Å². The summed E-state index contributed by atoms with van der Waals surface area (Å²) in [6, 6.07) is 23.7. The molecule has 0 radical (unpaired) electrons. The fourth-order valence-corrected chi connectivity index (χ4v) is 4.54. The maximum atomic E-state index is 13.2. The molecule has 0 saturated carbocycles. The molecule has 0 bridgehead atoms. The van der Waals surface area contributed by atoms with Gasteiger partial charge in [0.25, 0.3) is 10.0 Å². The van der Waals surface area contributed by atoms with Gasteiger partial charge in [-0.2, -0.15) is 0 Å². The highest BCUT2D eigenvalue weighted by Gasteiger charge is 2.26. The summed E-state index contributed by atoms with van der Waals surface area (Å²) in [6.45, 7) is 1.87. The summed E-state index contributed by atoms with van der Waals surface area (Å²) in [5, 5.41) is 2.05. The third kappa shape index (κ3) is 4.81. The Morgan fingerprint density at radius 2 is 1.58 bits per heavy atom. The molecule has 0 aliphatic heterocycles. The number of fused-ring (bicyclic) bond motifs is 1. The first-order valence-electron chi connectivity index (χ1n) is 9.93. The number of benzene rings is 3. The molecule has 31 heavy (non-hydrogen) atoms. The van der Waals surface area contributed by atoms with E-state index in [-0.39, 0.29) is 4.90 Å². The molecule has 156 valence electrons. The quantitative estimate of drug-likeness (QED) is 0.493. The fourth-order valence-electron chi connectivity index (χ4n) is 3.52. The van der Waals surface area contributed by atoms with Gasteiger partial charge in [-0.25, -0.2) is 13.1 Å². The number of pyridine rings is 1. The molecule has 1 aromatic heterocycles. The molecule has 0 aliphatic rings. The molecular weight excluding hydrogens is 408 g/mol. The second kappa shape index (κ2) is 8.70. The number of nitrogens with one attached hydrogen (secondary N) is 1. The van der Waals surface area contributed by atoms with Crippen LogP contribution >= 0.6 is 0 Å². The summed E-state index contributed by atoms with van der Waals surface area (Å²) in [5.74, 6) is -1.24. The van der Waals surface area contributed by atoms with Gasteiger partial charge in [-0.15, -0.1) is 0 Å². The van der Waals surface area contributed by atoms with Gasteiger partial charge >= 0.3 is 0 Å². The zero-order chi connectivity index (χ0) is 21.8. The Hall–Kier alpha value is -3.51. The van der Waals surface area contributed by atoms with E-state index < -0.39 is 21.8 Å². The molecule has 4 aromatic rings. The summed E-state index contributed by atoms with van der Waals surface area (Å²) < 4.78 is 27.9. The van der Waals surface area contributed by atoms with E-state index in [4.69, 9.17) is 0 Å². The smallest absolute Gasteiger partial charge is 0.264 e. The highest BCUT2D eigenvalue weighted by atomic mass is 32.2. The molecule has 4 rings (SSSR count).